The second-order valence-electron chi connectivity index (χ2n) is 6.15. The predicted octanol–water partition coefficient (Wildman–Crippen LogP) is 3.63. The molecule has 0 heterocycles. The predicted molar refractivity (Wildman–Crippen MR) is 85.4 cm³/mol. The second-order valence-corrected chi connectivity index (χ2v) is 6.56. The molecule has 5 nitrogen and oxygen atoms in total. The molecule has 0 N–H and O–H groups in total. The number of nitrogens with zero attached hydrogens (tertiary/aromatic N) is 1. The largest absolute Gasteiger partial charge is 0.497 e. The van der Waals surface area contributed by atoms with E-state index in [1.807, 2.05) is 0 Å². The molecule has 0 bridgehead atoms. The average Bonchev–Trinajstić information content (AvgIpc) is 2.43. The van der Waals surface area contributed by atoms with Crippen LogP contribution in [0.1, 0.15) is 33.3 Å². The van der Waals surface area contributed by atoms with Crippen LogP contribution in [0.5, 0.6) is 5.75 Å². The van der Waals surface area contributed by atoms with Crippen LogP contribution >= 0.6 is 11.6 Å². The van der Waals surface area contributed by atoms with Gasteiger partial charge in [0.1, 0.15) is 23.2 Å². The fourth-order valence-electron chi connectivity index (χ4n) is 1.88. The quantitative estimate of drug-likeness (QED) is 0.792. The summed E-state index contributed by atoms with van der Waals surface area (Å²) in [4.78, 5) is 25.2. The number of carbonyl (C=O) groups excluding carboxylic acids is 2. The highest BCUT2D eigenvalue weighted by Crippen LogP contribution is 2.34. The summed E-state index contributed by atoms with van der Waals surface area (Å²) in [7, 11) is 3.03. The summed E-state index contributed by atoms with van der Waals surface area (Å²) < 4.78 is 10.4. The molecule has 0 saturated heterocycles. The highest BCUT2D eigenvalue weighted by atomic mass is 35.5. The van der Waals surface area contributed by atoms with Crippen LogP contribution in [0, 0.1) is 0 Å². The Morgan fingerprint density at radius 1 is 1.27 bits per heavy atom. The van der Waals surface area contributed by atoms with E-state index in [1.54, 1.807) is 45.9 Å². The van der Waals surface area contributed by atoms with Crippen LogP contribution in [0.3, 0.4) is 0 Å². The van der Waals surface area contributed by atoms with E-state index in [9.17, 15) is 9.59 Å². The molecule has 0 aliphatic heterocycles. The minimum absolute atomic E-state index is 0.337. The third-order valence-corrected chi connectivity index (χ3v) is 3.63. The number of benzene rings is 1. The van der Waals surface area contributed by atoms with E-state index >= 15 is 0 Å². The van der Waals surface area contributed by atoms with Crippen LogP contribution in [0.4, 0.5) is 4.79 Å². The zero-order valence-corrected chi connectivity index (χ0v) is 14.5. The molecule has 0 radical (unpaired) electrons. The zero-order chi connectivity index (χ0) is 17.1. The molecule has 0 saturated carbocycles. The van der Waals surface area contributed by atoms with Gasteiger partial charge in [-0.25, -0.2) is 4.79 Å². The van der Waals surface area contributed by atoms with Crippen LogP contribution in [-0.2, 0) is 15.1 Å². The molecule has 1 amide bonds. The van der Waals surface area contributed by atoms with Gasteiger partial charge in [-0.3, -0.25) is 4.90 Å². The van der Waals surface area contributed by atoms with Gasteiger partial charge < -0.3 is 14.3 Å². The van der Waals surface area contributed by atoms with Gasteiger partial charge >= 0.3 is 6.09 Å². The number of hydrogen-bond donors (Lipinski definition) is 0. The van der Waals surface area contributed by atoms with E-state index in [0.717, 1.165) is 0 Å². The van der Waals surface area contributed by atoms with Crippen LogP contribution < -0.4 is 4.74 Å². The third-order valence-electron chi connectivity index (χ3n) is 3.32. The molecule has 0 aromatic heterocycles. The van der Waals surface area contributed by atoms with Crippen molar-refractivity contribution < 1.29 is 19.1 Å². The van der Waals surface area contributed by atoms with Gasteiger partial charge in [-0.1, -0.05) is 17.7 Å². The summed E-state index contributed by atoms with van der Waals surface area (Å²) in [6.07, 6.45) is 0.0684. The summed E-state index contributed by atoms with van der Waals surface area (Å²) >= 11 is 6.24. The van der Waals surface area contributed by atoms with E-state index in [1.165, 1.54) is 19.1 Å². The van der Waals surface area contributed by atoms with Crippen molar-refractivity contribution in [3.63, 3.8) is 0 Å². The summed E-state index contributed by atoms with van der Waals surface area (Å²) in [5.41, 5.74) is -1.40. The molecule has 1 rings (SSSR count). The molecular weight excluding hydrogens is 306 g/mol. The molecule has 1 atom stereocenters. The van der Waals surface area contributed by atoms with Gasteiger partial charge in [-0.2, -0.15) is 0 Å². The van der Waals surface area contributed by atoms with Crippen molar-refractivity contribution in [2.45, 2.75) is 38.8 Å². The Balaban J connectivity index is 3.20. The van der Waals surface area contributed by atoms with Gasteiger partial charge in [-0.05, 0) is 39.8 Å². The average molecular weight is 328 g/mol. The van der Waals surface area contributed by atoms with Gasteiger partial charge in [0.15, 0.2) is 0 Å². The van der Waals surface area contributed by atoms with Crippen molar-refractivity contribution in [2.24, 2.45) is 0 Å². The zero-order valence-electron chi connectivity index (χ0n) is 13.8. The Labute approximate surface area is 136 Å². The minimum Gasteiger partial charge on any atom is -0.497 e. The molecule has 0 aliphatic carbocycles. The van der Waals surface area contributed by atoms with E-state index < -0.39 is 17.2 Å². The molecule has 0 aliphatic rings. The SMILES string of the molecule is COc1ccc(C(C)(C=O)N(C)C(=O)OC(C)(C)C)c(Cl)c1. The van der Waals surface area contributed by atoms with Crippen molar-refractivity contribution in [3.05, 3.63) is 28.8 Å². The third kappa shape index (κ3) is 3.91. The molecule has 0 spiro atoms. The number of carbonyl (C=O) groups is 2. The van der Waals surface area contributed by atoms with Crippen molar-refractivity contribution in [1.29, 1.82) is 0 Å². The lowest BCUT2D eigenvalue weighted by molar-refractivity contribution is -0.117. The minimum atomic E-state index is -1.24. The number of methoxy groups -OCH3 is 1. The Bertz CT molecular complexity index is 568. The second kappa shape index (κ2) is 6.57. The monoisotopic (exact) mass is 327 g/mol. The van der Waals surface area contributed by atoms with Gasteiger partial charge in [0.25, 0.3) is 0 Å². The highest BCUT2D eigenvalue weighted by Gasteiger charge is 2.38. The summed E-state index contributed by atoms with van der Waals surface area (Å²) in [5, 5.41) is 0.337. The van der Waals surface area contributed by atoms with Gasteiger partial charge in [0.05, 0.1) is 12.1 Å². The van der Waals surface area contributed by atoms with Crippen molar-refractivity contribution in [3.8, 4) is 5.75 Å². The number of rotatable bonds is 4. The fourth-order valence-corrected chi connectivity index (χ4v) is 2.24. The molecule has 0 fully saturated rings. The van der Waals surface area contributed by atoms with E-state index in [-0.39, 0.29) is 0 Å². The Kier molecular flexibility index (Phi) is 5.46. The molecule has 122 valence electrons. The first-order valence-corrected chi connectivity index (χ1v) is 7.20. The number of hydrogen-bond acceptors (Lipinski definition) is 4. The molecule has 6 heteroatoms. The number of aldehydes is 1. The molecule has 1 aromatic carbocycles. The normalized spacial score (nSPS) is 14.0. The van der Waals surface area contributed by atoms with Crippen molar-refractivity contribution in [2.75, 3.05) is 14.2 Å². The highest BCUT2D eigenvalue weighted by molar-refractivity contribution is 6.31. The number of likely N-dealkylation sites (N-methyl/N-ethyl adjacent to an activating group) is 1. The lowest BCUT2D eigenvalue weighted by atomic mass is 9.92. The molecule has 1 unspecified atom stereocenters. The Morgan fingerprint density at radius 3 is 2.27 bits per heavy atom. The van der Waals surface area contributed by atoms with E-state index in [2.05, 4.69) is 0 Å². The maximum absolute atomic E-state index is 12.2. The first-order chi connectivity index (χ1) is 10.0. The van der Waals surface area contributed by atoms with Crippen molar-refractivity contribution in [1.82, 2.24) is 4.90 Å². The standard InChI is InChI=1S/C16H22ClNO4/c1-15(2,3)22-14(20)18(5)16(4,10-19)12-8-7-11(21-6)9-13(12)17/h7-10H,1-6H3. The molecule has 22 heavy (non-hydrogen) atoms. The smallest absolute Gasteiger partial charge is 0.411 e. The molecule has 1 aromatic rings. The lowest BCUT2D eigenvalue weighted by Gasteiger charge is -2.36. The Morgan fingerprint density at radius 2 is 1.86 bits per heavy atom. The summed E-state index contributed by atoms with van der Waals surface area (Å²) in [6.45, 7) is 6.89. The lowest BCUT2D eigenvalue weighted by Crippen LogP contribution is -2.48. The number of halogens is 1. The van der Waals surface area contributed by atoms with E-state index in [0.29, 0.717) is 22.6 Å². The maximum Gasteiger partial charge on any atom is 0.411 e. The van der Waals surface area contributed by atoms with Gasteiger partial charge in [-0.15, -0.1) is 0 Å². The van der Waals surface area contributed by atoms with Crippen molar-refractivity contribution >= 4 is 24.0 Å². The summed E-state index contributed by atoms with van der Waals surface area (Å²) in [5.74, 6) is 0.571. The maximum atomic E-state index is 12.2. The first kappa shape index (κ1) is 18.3. The topological polar surface area (TPSA) is 55.8 Å². The van der Waals surface area contributed by atoms with Crippen LogP contribution in [0.25, 0.3) is 0 Å². The molecular formula is C16H22ClNO4. The van der Waals surface area contributed by atoms with Gasteiger partial charge in [0.2, 0.25) is 0 Å². The first-order valence-electron chi connectivity index (χ1n) is 6.82. The van der Waals surface area contributed by atoms with E-state index in [4.69, 9.17) is 21.1 Å². The van der Waals surface area contributed by atoms with Crippen LogP contribution in [-0.4, -0.2) is 37.0 Å². The summed E-state index contributed by atoms with van der Waals surface area (Å²) in [6, 6.07) is 4.95. The van der Waals surface area contributed by atoms with Crippen LogP contribution in [0.15, 0.2) is 18.2 Å². The number of ether oxygens (including phenoxy) is 2. The van der Waals surface area contributed by atoms with Gasteiger partial charge in [0, 0.05) is 12.6 Å². The van der Waals surface area contributed by atoms with Crippen LogP contribution in [0.2, 0.25) is 5.02 Å². The number of amides is 1. The fraction of sp³-hybridized carbons (Fsp3) is 0.500. The Hall–Kier alpha value is -1.75.